The van der Waals surface area contributed by atoms with Gasteiger partial charge in [-0.05, 0) is 32.2 Å². The van der Waals surface area contributed by atoms with Gasteiger partial charge in [0.05, 0.1) is 0 Å². The third-order valence-electron chi connectivity index (χ3n) is 3.25. The minimum Gasteiger partial charge on any atom is -0.396 e. The van der Waals surface area contributed by atoms with Gasteiger partial charge in [-0.3, -0.25) is 4.79 Å². The number of nitrogens with one attached hydrogen (secondary N) is 2. The minimum atomic E-state index is -4.52. The molecule has 1 heterocycles. The lowest BCUT2D eigenvalue weighted by atomic mass is 9.85. The summed E-state index contributed by atoms with van der Waals surface area (Å²) < 4.78 is 38.9. The topological polar surface area (TPSA) is 61.4 Å². The van der Waals surface area contributed by atoms with E-state index in [-0.39, 0.29) is 32.7 Å². The SMILES string of the molecule is O=C(NCCCCCO)C1(C(F)(F)F)CCNC1. The molecule has 4 nitrogen and oxygen atoms in total. The van der Waals surface area contributed by atoms with Crippen LogP contribution in [-0.2, 0) is 4.79 Å². The molecule has 18 heavy (non-hydrogen) atoms. The molecule has 1 fully saturated rings. The molecule has 1 atom stereocenters. The quantitative estimate of drug-likeness (QED) is 0.625. The molecule has 1 rings (SSSR count). The van der Waals surface area contributed by atoms with E-state index in [2.05, 4.69) is 10.6 Å². The van der Waals surface area contributed by atoms with E-state index in [1.165, 1.54) is 0 Å². The number of aliphatic hydroxyl groups is 1. The Kier molecular flexibility index (Phi) is 5.40. The Balaban J connectivity index is 2.47. The van der Waals surface area contributed by atoms with E-state index in [4.69, 9.17) is 5.11 Å². The first kappa shape index (κ1) is 15.2. The molecule has 0 aromatic rings. The minimum absolute atomic E-state index is 0.0599. The summed E-state index contributed by atoms with van der Waals surface area (Å²) in [6, 6.07) is 0. The van der Waals surface area contributed by atoms with Crippen molar-refractivity contribution in [1.29, 1.82) is 0 Å². The largest absolute Gasteiger partial charge is 0.404 e. The van der Waals surface area contributed by atoms with Crippen LogP contribution in [0.2, 0.25) is 0 Å². The first-order valence-corrected chi connectivity index (χ1v) is 6.11. The van der Waals surface area contributed by atoms with Gasteiger partial charge >= 0.3 is 6.18 Å². The second-order valence-corrected chi connectivity index (χ2v) is 4.55. The number of aliphatic hydroxyl groups excluding tert-OH is 1. The lowest BCUT2D eigenvalue weighted by Crippen LogP contribution is -2.52. The fraction of sp³-hybridized carbons (Fsp3) is 0.909. The zero-order chi connectivity index (χ0) is 13.6. The molecule has 0 aliphatic carbocycles. The Hall–Kier alpha value is -0.820. The molecular weight excluding hydrogens is 249 g/mol. The Labute approximate surface area is 104 Å². The molecule has 0 radical (unpaired) electrons. The molecule has 0 bridgehead atoms. The normalized spacial score (nSPS) is 24.2. The molecule has 1 unspecified atom stereocenters. The van der Waals surface area contributed by atoms with Crippen molar-refractivity contribution in [3.63, 3.8) is 0 Å². The maximum absolute atomic E-state index is 13.0. The molecule has 1 amide bonds. The average Bonchev–Trinajstić information content (AvgIpc) is 2.78. The Morgan fingerprint density at radius 2 is 2.06 bits per heavy atom. The zero-order valence-corrected chi connectivity index (χ0v) is 10.1. The Bertz CT molecular complexity index is 276. The van der Waals surface area contributed by atoms with Crippen molar-refractivity contribution < 1.29 is 23.1 Å². The van der Waals surface area contributed by atoms with Crippen LogP contribution in [0.15, 0.2) is 0 Å². The molecule has 1 saturated heterocycles. The fourth-order valence-corrected chi connectivity index (χ4v) is 2.04. The molecule has 106 valence electrons. The van der Waals surface area contributed by atoms with Crippen LogP contribution in [0.5, 0.6) is 0 Å². The molecule has 0 aromatic carbocycles. The van der Waals surface area contributed by atoms with Crippen molar-refractivity contribution in [1.82, 2.24) is 10.6 Å². The smallest absolute Gasteiger partial charge is 0.396 e. The van der Waals surface area contributed by atoms with Crippen molar-refractivity contribution in [2.45, 2.75) is 31.9 Å². The van der Waals surface area contributed by atoms with Gasteiger partial charge in [-0.1, -0.05) is 0 Å². The number of carbonyl (C=O) groups excluding carboxylic acids is 1. The predicted octanol–water partition coefficient (Wildman–Crippen LogP) is 0.807. The fourth-order valence-electron chi connectivity index (χ4n) is 2.04. The van der Waals surface area contributed by atoms with Gasteiger partial charge in [0.15, 0.2) is 5.41 Å². The summed E-state index contributed by atoms with van der Waals surface area (Å²) in [5.41, 5.74) is -2.27. The molecule has 1 aliphatic rings. The summed E-state index contributed by atoms with van der Waals surface area (Å²) >= 11 is 0. The van der Waals surface area contributed by atoms with Crippen LogP contribution in [0.4, 0.5) is 13.2 Å². The van der Waals surface area contributed by atoms with Gasteiger partial charge in [-0.25, -0.2) is 0 Å². The summed E-state index contributed by atoms with van der Waals surface area (Å²) in [5.74, 6) is -0.941. The third kappa shape index (κ3) is 3.35. The van der Waals surface area contributed by atoms with Crippen LogP contribution >= 0.6 is 0 Å². The lowest BCUT2D eigenvalue weighted by Gasteiger charge is -2.29. The van der Waals surface area contributed by atoms with Gasteiger partial charge in [0, 0.05) is 19.7 Å². The van der Waals surface area contributed by atoms with Crippen molar-refractivity contribution >= 4 is 5.91 Å². The van der Waals surface area contributed by atoms with E-state index >= 15 is 0 Å². The maximum Gasteiger partial charge on any atom is 0.404 e. The van der Waals surface area contributed by atoms with Crippen LogP contribution in [0.25, 0.3) is 0 Å². The van der Waals surface area contributed by atoms with Crippen LogP contribution in [0, 0.1) is 5.41 Å². The number of hydrogen-bond acceptors (Lipinski definition) is 3. The Morgan fingerprint density at radius 1 is 1.33 bits per heavy atom. The summed E-state index contributed by atoms with van der Waals surface area (Å²) in [6.07, 6.45) is -2.87. The lowest BCUT2D eigenvalue weighted by molar-refractivity contribution is -0.216. The Morgan fingerprint density at radius 3 is 2.56 bits per heavy atom. The first-order valence-electron chi connectivity index (χ1n) is 6.11. The second kappa shape index (κ2) is 6.38. The van der Waals surface area contributed by atoms with Gasteiger partial charge in [-0.15, -0.1) is 0 Å². The number of amides is 1. The van der Waals surface area contributed by atoms with Crippen LogP contribution < -0.4 is 10.6 Å². The monoisotopic (exact) mass is 268 g/mol. The van der Waals surface area contributed by atoms with Crippen LogP contribution in [0.1, 0.15) is 25.7 Å². The molecule has 0 saturated carbocycles. The standard InChI is InChI=1S/C11H19F3N2O2/c12-11(13,14)10(4-6-15-8-10)9(18)16-5-2-1-3-7-17/h15,17H,1-8H2,(H,16,18). The number of carbonyl (C=O) groups is 1. The molecule has 1 aliphatic heterocycles. The van der Waals surface area contributed by atoms with Crippen molar-refractivity contribution in [2.24, 2.45) is 5.41 Å². The van der Waals surface area contributed by atoms with Crippen LogP contribution in [-0.4, -0.2) is 43.4 Å². The van der Waals surface area contributed by atoms with E-state index in [1.54, 1.807) is 0 Å². The second-order valence-electron chi connectivity index (χ2n) is 4.55. The van der Waals surface area contributed by atoms with Crippen LogP contribution in [0.3, 0.4) is 0 Å². The highest BCUT2D eigenvalue weighted by Gasteiger charge is 2.61. The van der Waals surface area contributed by atoms with Crippen molar-refractivity contribution in [3.05, 3.63) is 0 Å². The summed E-state index contributed by atoms with van der Waals surface area (Å²) in [6.45, 7) is 0.136. The van der Waals surface area contributed by atoms with E-state index < -0.39 is 17.5 Å². The summed E-state index contributed by atoms with van der Waals surface area (Å²) in [7, 11) is 0. The first-order chi connectivity index (χ1) is 8.44. The molecule has 3 N–H and O–H groups in total. The number of alkyl halides is 3. The molecule has 0 aromatic heterocycles. The van der Waals surface area contributed by atoms with Gasteiger partial charge in [0.25, 0.3) is 0 Å². The number of unbranched alkanes of at least 4 members (excludes halogenated alkanes) is 2. The summed E-state index contributed by atoms with van der Waals surface area (Å²) in [5, 5.41) is 13.5. The maximum atomic E-state index is 13.0. The molecule has 0 spiro atoms. The molecular formula is C11H19F3N2O2. The van der Waals surface area contributed by atoms with Gasteiger partial charge in [0.1, 0.15) is 0 Å². The van der Waals surface area contributed by atoms with Gasteiger partial charge < -0.3 is 15.7 Å². The number of rotatable bonds is 6. The van der Waals surface area contributed by atoms with E-state index in [0.29, 0.717) is 19.3 Å². The highest BCUT2D eigenvalue weighted by molar-refractivity contribution is 5.84. The highest BCUT2D eigenvalue weighted by Crippen LogP contribution is 2.43. The van der Waals surface area contributed by atoms with E-state index in [0.717, 1.165) is 0 Å². The van der Waals surface area contributed by atoms with E-state index in [1.807, 2.05) is 0 Å². The van der Waals surface area contributed by atoms with Crippen molar-refractivity contribution in [2.75, 3.05) is 26.2 Å². The average molecular weight is 268 g/mol. The van der Waals surface area contributed by atoms with E-state index in [9.17, 15) is 18.0 Å². The molecule has 7 heteroatoms. The number of hydrogen-bond donors (Lipinski definition) is 3. The van der Waals surface area contributed by atoms with Gasteiger partial charge in [-0.2, -0.15) is 13.2 Å². The third-order valence-corrected chi connectivity index (χ3v) is 3.25. The predicted molar refractivity (Wildman–Crippen MR) is 59.9 cm³/mol. The van der Waals surface area contributed by atoms with Crippen molar-refractivity contribution in [3.8, 4) is 0 Å². The number of halogens is 3. The van der Waals surface area contributed by atoms with Gasteiger partial charge in [0.2, 0.25) is 5.91 Å². The summed E-state index contributed by atoms with van der Waals surface area (Å²) in [4.78, 5) is 11.7. The zero-order valence-electron chi connectivity index (χ0n) is 10.1. The highest BCUT2D eigenvalue weighted by atomic mass is 19.4.